The standard InChI is InChI=1S/C13H16O2/c1-9(2)15-13-11(8-14)4-3-5-12(13)10-6-7-10/h3-5,8-10H,6-7H2,1-2H3. The largest absolute Gasteiger partial charge is 0.490 e. The summed E-state index contributed by atoms with van der Waals surface area (Å²) in [5.41, 5.74) is 1.88. The predicted molar refractivity (Wildman–Crippen MR) is 59.6 cm³/mol. The maximum Gasteiger partial charge on any atom is 0.153 e. The minimum absolute atomic E-state index is 0.114. The van der Waals surface area contributed by atoms with E-state index in [1.165, 1.54) is 18.4 Å². The first kappa shape index (κ1) is 10.2. The maximum atomic E-state index is 10.9. The summed E-state index contributed by atoms with van der Waals surface area (Å²) in [5, 5.41) is 0. The van der Waals surface area contributed by atoms with Crippen molar-refractivity contribution in [2.45, 2.75) is 38.7 Å². The molecule has 0 aromatic heterocycles. The second-order valence-corrected chi connectivity index (χ2v) is 4.32. The van der Waals surface area contributed by atoms with Crippen LogP contribution < -0.4 is 4.74 Å². The first-order chi connectivity index (χ1) is 7.22. The minimum atomic E-state index is 0.114. The lowest BCUT2D eigenvalue weighted by molar-refractivity contribution is 0.111. The lowest BCUT2D eigenvalue weighted by atomic mass is 10.1. The Kier molecular flexibility index (Phi) is 2.76. The van der Waals surface area contributed by atoms with Gasteiger partial charge < -0.3 is 4.74 Å². The fourth-order valence-corrected chi connectivity index (χ4v) is 1.75. The highest BCUT2D eigenvalue weighted by molar-refractivity contribution is 5.80. The van der Waals surface area contributed by atoms with Gasteiger partial charge in [0.05, 0.1) is 11.7 Å². The van der Waals surface area contributed by atoms with Crippen molar-refractivity contribution in [3.05, 3.63) is 29.3 Å². The number of rotatable bonds is 4. The van der Waals surface area contributed by atoms with Crippen LogP contribution in [0.2, 0.25) is 0 Å². The summed E-state index contributed by atoms with van der Waals surface area (Å²) in [6.07, 6.45) is 3.43. The average Bonchev–Trinajstić information content (AvgIpc) is 3.01. The third-order valence-corrected chi connectivity index (χ3v) is 2.57. The molecular formula is C13H16O2. The van der Waals surface area contributed by atoms with Crippen molar-refractivity contribution >= 4 is 6.29 Å². The van der Waals surface area contributed by atoms with E-state index in [0.29, 0.717) is 11.5 Å². The second kappa shape index (κ2) is 4.05. The van der Waals surface area contributed by atoms with E-state index in [9.17, 15) is 4.79 Å². The lowest BCUT2D eigenvalue weighted by Gasteiger charge is -2.15. The van der Waals surface area contributed by atoms with E-state index in [2.05, 4.69) is 6.07 Å². The number of aldehydes is 1. The van der Waals surface area contributed by atoms with Crippen LogP contribution in [0.5, 0.6) is 5.75 Å². The summed E-state index contributed by atoms with van der Waals surface area (Å²) < 4.78 is 5.74. The van der Waals surface area contributed by atoms with E-state index in [0.717, 1.165) is 12.0 Å². The third-order valence-electron chi connectivity index (χ3n) is 2.57. The molecule has 1 aliphatic rings. The van der Waals surface area contributed by atoms with Crippen LogP contribution in [0, 0.1) is 0 Å². The molecule has 15 heavy (non-hydrogen) atoms. The summed E-state index contributed by atoms with van der Waals surface area (Å²) in [7, 11) is 0. The van der Waals surface area contributed by atoms with Gasteiger partial charge in [-0.15, -0.1) is 0 Å². The number of carbonyl (C=O) groups excluding carboxylic acids is 1. The van der Waals surface area contributed by atoms with Crippen molar-refractivity contribution in [3.63, 3.8) is 0 Å². The van der Waals surface area contributed by atoms with E-state index >= 15 is 0 Å². The van der Waals surface area contributed by atoms with Crippen molar-refractivity contribution in [2.75, 3.05) is 0 Å². The molecule has 0 unspecified atom stereocenters. The quantitative estimate of drug-likeness (QED) is 0.704. The van der Waals surface area contributed by atoms with Gasteiger partial charge in [0.25, 0.3) is 0 Å². The van der Waals surface area contributed by atoms with E-state index in [1.54, 1.807) is 0 Å². The molecular weight excluding hydrogens is 188 g/mol. The van der Waals surface area contributed by atoms with Crippen LogP contribution in [0.4, 0.5) is 0 Å². The molecule has 2 nitrogen and oxygen atoms in total. The number of carbonyl (C=O) groups is 1. The fourth-order valence-electron chi connectivity index (χ4n) is 1.75. The molecule has 0 heterocycles. The van der Waals surface area contributed by atoms with Gasteiger partial charge >= 0.3 is 0 Å². The Balaban J connectivity index is 2.39. The SMILES string of the molecule is CC(C)Oc1c(C=O)cccc1C1CC1. The average molecular weight is 204 g/mol. The maximum absolute atomic E-state index is 10.9. The highest BCUT2D eigenvalue weighted by Gasteiger charge is 2.28. The monoisotopic (exact) mass is 204 g/mol. The summed E-state index contributed by atoms with van der Waals surface area (Å²) >= 11 is 0. The summed E-state index contributed by atoms with van der Waals surface area (Å²) in [5.74, 6) is 1.41. The van der Waals surface area contributed by atoms with Gasteiger partial charge in [0.15, 0.2) is 6.29 Å². The van der Waals surface area contributed by atoms with Gasteiger partial charge in [0, 0.05) is 0 Å². The van der Waals surface area contributed by atoms with Crippen LogP contribution in [0.3, 0.4) is 0 Å². The Bertz CT molecular complexity index is 365. The normalized spacial score (nSPS) is 15.4. The number of hydrogen-bond donors (Lipinski definition) is 0. The number of ether oxygens (including phenoxy) is 1. The van der Waals surface area contributed by atoms with E-state index < -0.39 is 0 Å². The third kappa shape index (κ3) is 2.20. The molecule has 1 aliphatic carbocycles. The molecule has 1 fully saturated rings. The Morgan fingerprint density at radius 3 is 2.67 bits per heavy atom. The Hall–Kier alpha value is -1.31. The molecule has 0 saturated heterocycles. The van der Waals surface area contributed by atoms with Crippen LogP contribution in [0.15, 0.2) is 18.2 Å². The Labute approximate surface area is 90.3 Å². The van der Waals surface area contributed by atoms with Gasteiger partial charge in [-0.1, -0.05) is 12.1 Å². The first-order valence-electron chi connectivity index (χ1n) is 5.47. The van der Waals surface area contributed by atoms with Gasteiger partial charge in [0.1, 0.15) is 5.75 Å². The van der Waals surface area contributed by atoms with E-state index in [4.69, 9.17) is 4.74 Å². The highest BCUT2D eigenvalue weighted by Crippen LogP contribution is 2.45. The summed E-state index contributed by atoms with van der Waals surface area (Å²) in [6.45, 7) is 3.97. The molecule has 1 saturated carbocycles. The van der Waals surface area contributed by atoms with E-state index in [1.807, 2.05) is 26.0 Å². The van der Waals surface area contributed by atoms with Gasteiger partial charge in [-0.3, -0.25) is 4.79 Å². The van der Waals surface area contributed by atoms with Crippen molar-refractivity contribution < 1.29 is 9.53 Å². The topological polar surface area (TPSA) is 26.3 Å². The Morgan fingerprint density at radius 2 is 2.13 bits per heavy atom. The molecule has 0 atom stereocenters. The Morgan fingerprint density at radius 1 is 1.40 bits per heavy atom. The molecule has 0 radical (unpaired) electrons. The molecule has 80 valence electrons. The highest BCUT2D eigenvalue weighted by atomic mass is 16.5. The van der Waals surface area contributed by atoms with Crippen LogP contribution in [-0.2, 0) is 0 Å². The lowest BCUT2D eigenvalue weighted by Crippen LogP contribution is -2.09. The first-order valence-corrected chi connectivity index (χ1v) is 5.47. The molecule has 0 N–H and O–H groups in total. The number of hydrogen-bond acceptors (Lipinski definition) is 2. The van der Waals surface area contributed by atoms with Crippen molar-refractivity contribution in [3.8, 4) is 5.75 Å². The molecule has 2 heteroatoms. The molecule has 0 spiro atoms. The summed E-state index contributed by atoms with van der Waals surface area (Å²) in [4.78, 5) is 10.9. The van der Waals surface area contributed by atoms with Crippen LogP contribution in [0.1, 0.15) is 48.5 Å². The fraction of sp³-hybridized carbons (Fsp3) is 0.462. The zero-order chi connectivity index (χ0) is 10.8. The van der Waals surface area contributed by atoms with Gasteiger partial charge in [0.2, 0.25) is 0 Å². The van der Waals surface area contributed by atoms with Gasteiger partial charge in [-0.05, 0) is 44.2 Å². The molecule has 1 aromatic carbocycles. The number of para-hydroxylation sites is 1. The van der Waals surface area contributed by atoms with Crippen LogP contribution in [-0.4, -0.2) is 12.4 Å². The molecule has 0 amide bonds. The van der Waals surface area contributed by atoms with Crippen LogP contribution in [0.25, 0.3) is 0 Å². The zero-order valence-electron chi connectivity index (χ0n) is 9.19. The summed E-state index contributed by atoms with van der Waals surface area (Å²) in [6, 6.07) is 5.82. The number of benzene rings is 1. The molecule has 0 bridgehead atoms. The van der Waals surface area contributed by atoms with E-state index in [-0.39, 0.29) is 6.10 Å². The van der Waals surface area contributed by atoms with Gasteiger partial charge in [-0.2, -0.15) is 0 Å². The smallest absolute Gasteiger partial charge is 0.153 e. The second-order valence-electron chi connectivity index (χ2n) is 4.32. The van der Waals surface area contributed by atoms with Gasteiger partial charge in [-0.25, -0.2) is 0 Å². The molecule has 1 aromatic rings. The molecule has 0 aliphatic heterocycles. The van der Waals surface area contributed by atoms with Crippen LogP contribution >= 0.6 is 0 Å². The van der Waals surface area contributed by atoms with Crippen molar-refractivity contribution in [1.29, 1.82) is 0 Å². The van der Waals surface area contributed by atoms with Crippen molar-refractivity contribution in [2.24, 2.45) is 0 Å². The zero-order valence-corrected chi connectivity index (χ0v) is 9.19. The molecule has 2 rings (SSSR count). The minimum Gasteiger partial charge on any atom is -0.490 e. The van der Waals surface area contributed by atoms with Crippen molar-refractivity contribution in [1.82, 2.24) is 0 Å². The predicted octanol–water partition coefficient (Wildman–Crippen LogP) is 3.16.